The van der Waals surface area contributed by atoms with Crippen molar-refractivity contribution in [1.29, 1.82) is 0 Å². The minimum absolute atomic E-state index is 0.201. The van der Waals surface area contributed by atoms with Crippen LogP contribution < -0.4 is 15.8 Å². The maximum atomic E-state index is 12.1. The molecular weight excluding hydrogens is 320 g/mol. The molecule has 0 aliphatic carbocycles. The molecule has 1 amide bonds. The Labute approximate surface area is 126 Å². The molecule has 2 aromatic carbocycles. The highest BCUT2D eigenvalue weighted by atomic mass is 79.9. The van der Waals surface area contributed by atoms with E-state index in [9.17, 15) is 4.79 Å². The summed E-state index contributed by atoms with van der Waals surface area (Å²) in [5.41, 5.74) is 7.51. The molecule has 0 heterocycles. The molecule has 0 unspecified atom stereocenters. The van der Waals surface area contributed by atoms with Crippen LogP contribution >= 0.6 is 15.9 Å². The summed E-state index contributed by atoms with van der Waals surface area (Å²) in [7, 11) is 0. The van der Waals surface area contributed by atoms with Crippen LogP contribution in [0.4, 0.5) is 11.4 Å². The lowest BCUT2D eigenvalue weighted by Crippen LogP contribution is -2.13. The quantitative estimate of drug-likeness (QED) is 0.838. The zero-order valence-corrected chi connectivity index (χ0v) is 12.6. The van der Waals surface area contributed by atoms with Crippen LogP contribution in [0.15, 0.2) is 46.9 Å². The van der Waals surface area contributed by atoms with Crippen molar-refractivity contribution in [2.45, 2.75) is 6.92 Å². The minimum Gasteiger partial charge on any atom is -0.494 e. The minimum atomic E-state index is -0.201. The monoisotopic (exact) mass is 334 g/mol. The zero-order valence-electron chi connectivity index (χ0n) is 11.0. The van der Waals surface area contributed by atoms with Gasteiger partial charge in [0.15, 0.2) is 0 Å². The summed E-state index contributed by atoms with van der Waals surface area (Å²) in [5, 5.41) is 2.78. The van der Waals surface area contributed by atoms with Gasteiger partial charge >= 0.3 is 0 Å². The normalized spacial score (nSPS) is 10.1. The van der Waals surface area contributed by atoms with E-state index >= 15 is 0 Å². The Morgan fingerprint density at radius 1 is 1.25 bits per heavy atom. The Hall–Kier alpha value is -2.01. The Bertz CT molecular complexity index is 612. The van der Waals surface area contributed by atoms with Crippen molar-refractivity contribution in [3.8, 4) is 5.75 Å². The van der Waals surface area contributed by atoms with Gasteiger partial charge in [-0.2, -0.15) is 0 Å². The van der Waals surface area contributed by atoms with Crippen LogP contribution in [-0.2, 0) is 0 Å². The van der Waals surface area contributed by atoms with E-state index in [1.54, 1.807) is 30.3 Å². The Morgan fingerprint density at radius 2 is 1.95 bits per heavy atom. The number of benzene rings is 2. The highest BCUT2D eigenvalue weighted by Crippen LogP contribution is 2.25. The number of nitrogens with one attached hydrogen (secondary N) is 1. The lowest BCUT2D eigenvalue weighted by atomic mass is 10.2. The Morgan fingerprint density at radius 3 is 2.55 bits per heavy atom. The third-order valence-electron chi connectivity index (χ3n) is 2.69. The van der Waals surface area contributed by atoms with Crippen LogP contribution in [0.25, 0.3) is 0 Å². The first-order chi connectivity index (χ1) is 9.60. The van der Waals surface area contributed by atoms with E-state index in [0.29, 0.717) is 29.3 Å². The maximum absolute atomic E-state index is 12.1. The lowest BCUT2D eigenvalue weighted by Gasteiger charge is -2.10. The summed E-state index contributed by atoms with van der Waals surface area (Å²) in [6, 6.07) is 12.3. The average Bonchev–Trinajstić information content (AvgIpc) is 2.43. The fourth-order valence-electron chi connectivity index (χ4n) is 1.71. The van der Waals surface area contributed by atoms with Gasteiger partial charge in [-0.1, -0.05) is 15.9 Å². The number of anilines is 2. The summed E-state index contributed by atoms with van der Waals surface area (Å²) in [6.07, 6.45) is 0. The van der Waals surface area contributed by atoms with Crippen molar-refractivity contribution < 1.29 is 9.53 Å². The third kappa shape index (κ3) is 3.51. The van der Waals surface area contributed by atoms with Gasteiger partial charge in [0.2, 0.25) is 0 Å². The molecule has 2 rings (SSSR count). The second-order valence-corrected chi connectivity index (χ2v) is 5.06. The van der Waals surface area contributed by atoms with E-state index in [1.165, 1.54) is 0 Å². The van der Waals surface area contributed by atoms with E-state index in [4.69, 9.17) is 10.5 Å². The van der Waals surface area contributed by atoms with Crippen molar-refractivity contribution >= 4 is 33.2 Å². The van der Waals surface area contributed by atoms with Crippen molar-refractivity contribution in [3.05, 3.63) is 52.5 Å². The molecule has 5 heteroatoms. The molecule has 20 heavy (non-hydrogen) atoms. The zero-order chi connectivity index (χ0) is 14.5. The molecular formula is C15H15BrN2O2. The second-order valence-electron chi connectivity index (χ2n) is 4.14. The Kier molecular flexibility index (Phi) is 4.63. The number of carbonyl (C=O) groups excluding carboxylic acids is 1. The van der Waals surface area contributed by atoms with Crippen LogP contribution in [-0.4, -0.2) is 12.5 Å². The number of halogens is 1. The molecule has 0 bridgehead atoms. The van der Waals surface area contributed by atoms with Gasteiger partial charge in [0.1, 0.15) is 5.75 Å². The number of nitrogens with two attached hydrogens (primary N) is 1. The number of ether oxygens (including phenoxy) is 1. The van der Waals surface area contributed by atoms with Crippen LogP contribution in [0.1, 0.15) is 17.3 Å². The van der Waals surface area contributed by atoms with Crippen LogP contribution in [0.2, 0.25) is 0 Å². The Balaban J connectivity index is 2.13. The third-order valence-corrected chi connectivity index (χ3v) is 3.22. The van der Waals surface area contributed by atoms with Crippen molar-refractivity contribution in [2.75, 3.05) is 17.7 Å². The summed E-state index contributed by atoms with van der Waals surface area (Å²) < 4.78 is 6.27. The second kappa shape index (κ2) is 6.43. The van der Waals surface area contributed by atoms with Crippen LogP contribution in [0.3, 0.4) is 0 Å². The topological polar surface area (TPSA) is 64.3 Å². The van der Waals surface area contributed by atoms with E-state index in [-0.39, 0.29) is 5.91 Å². The average molecular weight is 335 g/mol. The molecule has 0 aliphatic rings. The van der Waals surface area contributed by atoms with Gasteiger partial charge in [0, 0.05) is 16.1 Å². The predicted molar refractivity (Wildman–Crippen MR) is 84.1 cm³/mol. The molecule has 3 N–H and O–H groups in total. The van der Waals surface area contributed by atoms with Crippen molar-refractivity contribution in [3.63, 3.8) is 0 Å². The maximum Gasteiger partial charge on any atom is 0.255 e. The highest BCUT2D eigenvalue weighted by molar-refractivity contribution is 9.10. The standard InChI is InChI=1S/C15H15BrN2O2/c1-2-20-12-7-8-14(13(17)9-12)18-15(19)10-3-5-11(16)6-4-10/h3-9H,2,17H2,1H3,(H,18,19). The molecule has 0 spiro atoms. The number of nitrogen functional groups attached to an aromatic ring is 1. The van der Waals surface area contributed by atoms with Gasteiger partial charge in [0.25, 0.3) is 5.91 Å². The van der Waals surface area contributed by atoms with Gasteiger partial charge in [-0.15, -0.1) is 0 Å². The highest BCUT2D eigenvalue weighted by Gasteiger charge is 2.08. The first kappa shape index (κ1) is 14.4. The molecule has 104 valence electrons. The fourth-order valence-corrected chi connectivity index (χ4v) is 1.97. The summed E-state index contributed by atoms with van der Waals surface area (Å²) in [4.78, 5) is 12.1. The SMILES string of the molecule is CCOc1ccc(NC(=O)c2ccc(Br)cc2)c(N)c1. The molecule has 0 radical (unpaired) electrons. The van der Waals surface area contributed by atoms with Crippen LogP contribution in [0, 0.1) is 0 Å². The van der Waals surface area contributed by atoms with Gasteiger partial charge < -0.3 is 15.8 Å². The first-order valence-corrected chi connectivity index (χ1v) is 6.98. The predicted octanol–water partition coefficient (Wildman–Crippen LogP) is 3.68. The number of hydrogen-bond donors (Lipinski definition) is 2. The van der Waals surface area contributed by atoms with Crippen molar-refractivity contribution in [2.24, 2.45) is 0 Å². The first-order valence-electron chi connectivity index (χ1n) is 6.19. The van der Waals surface area contributed by atoms with E-state index in [1.807, 2.05) is 19.1 Å². The van der Waals surface area contributed by atoms with Gasteiger partial charge in [-0.05, 0) is 43.3 Å². The largest absolute Gasteiger partial charge is 0.494 e. The summed E-state index contributed by atoms with van der Waals surface area (Å²) in [5.74, 6) is 0.486. The molecule has 0 fully saturated rings. The van der Waals surface area contributed by atoms with E-state index in [2.05, 4.69) is 21.2 Å². The fraction of sp³-hybridized carbons (Fsp3) is 0.133. The summed E-state index contributed by atoms with van der Waals surface area (Å²) in [6.45, 7) is 2.48. The molecule has 2 aromatic rings. The lowest BCUT2D eigenvalue weighted by molar-refractivity contribution is 0.102. The number of amides is 1. The van der Waals surface area contributed by atoms with E-state index in [0.717, 1.165) is 4.47 Å². The number of hydrogen-bond acceptors (Lipinski definition) is 3. The van der Waals surface area contributed by atoms with Gasteiger partial charge in [-0.25, -0.2) is 0 Å². The molecule has 0 saturated carbocycles. The molecule has 0 aromatic heterocycles. The van der Waals surface area contributed by atoms with Crippen LogP contribution in [0.5, 0.6) is 5.75 Å². The van der Waals surface area contributed by atoms with Crippen molar-refractivity contribution in [1.82, 2.24) is 0 Å². The molecule has 0 aliphatic heterocycles. The molecule has 4 nitrogen and oxygen atoms in total. The summed E-state index contributed by atoms with van der Waals surface area (Å²) >= 11 is 3.33. The number of rotatable bonds is 4. The van der Waals surface area contributed by atoms with E-state index < -0.39 is 0 Å². The number of carbonyl (C=O) groups is 1. The van der Waals surface area contributed by atoms with Gasteiger partial charge in [-0.3, -0.25) is 4.79 Å². The molecule has 0 atom stereocenters. The van der Waals surface area contributed by atoms with Gasteiger partial charge in [0.05, 0.1) is 18.0 Å². The smallest absolute Gasteiger partial charge is 0.255 e. The molecule has 0 saturated heterocycles.